The van der Waals surface area contributed by atoms with Crippen molar-refractivity contribution in [2.45, 2.75) is 31.8 Å². The Hall–Kier alpha value is -1.10. The third-order valence-corrected chi connectivity index (χ3v) is 3.35. The van der Waals surface area contributed by atoms with E-state index in [0.29, 0.717) is 6.04 Å². The molecule has 1 aliphatic heterocycles. The standard InChI is InChI=1S/C10H14N4S/c15-10(13-7-1-2-7)14-4-3-8-9(5-14)12-6-11-8/h6-7H,1-5H2,(H,11,12)(H,13,15). The van der Waals surface area contributed by atoms with E-state index in [1.54, 1.807) is 6.33 Å². The number of rotatable bonds is 1. The summed E-state index contributed by atoms with van der Waals surface area (Å²) in [6.45, 7) is 1.84. The first-order chi connectivity index (χ1) is 7.33. The van der Waals surface area contributed by atoms with Crippen molar-refractivity contribution in [3.05, 3.63) is 17.7 Å². The molecule has 1 saturated carbocycles. The third-order valence-electron chi connectivity index (χ3n) is 2.97. The van der Waals surface area contributed by atoms with Crippen molar-refractivity contribution >= 4 is 17.3 Å². The van der Waals surface area contributed by atoms with Gasteiger partial charge in [0.25, 0.3) is 0 Å². The average molecular weight is 222 g/mol. The summed E-state index contributed by atoms with van der Waals surface area (Å²) in [7, 11) is 0. The van der Waals surface area contributed by atoms with Crippen LogP contribution in [-0.4, -0.2) is 32.6 Å². The Morgan fingerprint density at radius 3 is 3.27 bits per heavy atom. The van der Waals surface area contributed by atoms with Gasteiger partial charge in [-0.3, -0.25) is 0 Å². The Labute approximate surface area is 94.1 Å². The molecule has 0 atom stereocenters. The molecule has 0 saturated heterocycles. The maximum atomic E-state index is 5.37. The molecule has 80 valence electrons. The van der Waals surface area contributed by atoms with E-state index in [2.05, 4.69) is 20.2 Å². The number of nitrogens with zero attached hydrogens (tertiary/aromatic N) is 2. The summed E-state index contributed by atoms with van der Waals surface area (Å²) in [6.07, 6.45) is 5.32. The summed E-state index contributed by atoms with van der Waals surface area (Å²) in [5.74, 6) is 0. The average Bonchev–Trinajstić information content (AvgIpc) is 2.94. The third kappa shape index (κ3) is 1.84. The number of imidazole rings is 1. The first kappa shape index (κ1) is 9.15. The molecule has 5 heteroatoms. The van der Waals surface area contributed by atoms with Crippen molar-refractivity contribution in [2.24, 2.45) is 0 Å². The lowest BCUT2D eigenvalue weighted by Crippen LogP contribution is -2.43. The maximum absolute atomic E-state index is 5.37. The second kappa shape index (κ2) is 3.48. The van der Waals surface area contributed by atoms with E-state index in [4.69, 9.17) is 12.2 Å². The van der Waals surface area contributed by atoms with Crippen LogP contribution in [0.1, 0.15) is 24.2 Å². The lowest BCUT2D eigenvalue weighted by atomic mass is 10.1. The molecule has 0 radical (unpaired) electrons. The zero-order valence-corrected chi connectivity index (χ0v) is 9.31. The zero-order valence-electron chi connectivity index (χ0n) is 8.49. The number of aromatic nitrogens is 2. The van der Waals surface area contributed by atoms with E-state index in [9.17, 15) is 0 Å². The quantitative estimate of drug-likeness (QED) is 0.690. The van der Waals surface area contributed by atoms with E-state index < -0.39 is 0 Å². The summed E-state index contributed by atoms with van der Waals surface area (Å²) < 4.78 is 0. The fourth-order valence-corrected chi connectivity index (χ4v) is 2.20. The van der Waals surface area contributed by atoms with Crippen LogP contribution in [0.5, 0.6) is 0 Å². The van der Waals surface area contributed by atoms with Gasteiger partial charge in [0.05, 0.1) is 18.6 Å². The summed E-state index contributed by atoms with van der Waals surface area (Å²) >= 11 is 5.37. The molecular formula is C10H14N4S. The summed E-state index contributed by atoms with van der Waals surface area (Å²) in [5.41, 5.74) is 2.40. The summed E-state index contributed by atoms with van der Waals surface area (Å²) in [5, 5.41) is 4.26. The topological polar surface area (TPSA) is 44.0 Å². The van der Waals surface area contributed by atoms with Crippen LogP contribution in [0.2, 0.25) is 0 Å². The highest BCUT2D eigenvalue weighted by Crippen LogP contribution is 2.20. The molecule has 1 aromatic heterocycles. The molecular weight excluding hydrogens is 208 g/mol. The van der Waals surface area contributed by atoms with Gasteiger partial charge < -0.3 is 15.2 Å². The van der Waals surface area contributed by atoms with Crippen molar-refractivity contribution in [3.63, 3.8) is 0 Å². The minimum Gasteiger partial charge on any atom is -0.360 e. The first-order valence-corrected chi connectivity index (χ1v) is 5.80. The van der Waals surface area contributed by atoms with E-state index in [0.717, 1.165) is 30.3 Å². The highest BCUT2D eigenvalue weighted by Gasteiger charge is 2.26. The van der Waals surface area contributed by atoms with Crippen LogP contribution in [0, 0.1) is 0 Å². The van der Waals surface area contributed by atoms with Gasteiger partial charge in [0.2, 0.25) is 0 Å². The normalized spacial score (nSPS) is 19.9. The highest BCUT2D eigenvalue weighted by atomic mass is 32.1. The van der Waals surface area contributed by atoms with Gasteiger partial charge in [0.15, 0.2) is 5.11 Å². The smallest absolute Gasteiger partial charge is 0.169 e. The number of hydrogen-bond donors (Lipinski definition) is 2. The number of fused-ring (bicyclic) bond motifs is 1. The molecule has 3 rings (SSSR count). The number of hydrogen-bond acceptors (Lipinski definition) is 2. The molecule has 1 fully saturated rings. The van der Waals surface area contributed by atoms with Gasteiger partial charge in [0.1, 0.15) is 0 Å². The molecule has 0 amide bonds. The second-order valence-corrected chi connectivity index (χ2v) is 4.61. The molecule has 2 heterocycles. The fraction of sp³-hybridized carbons (Fsp3) is 0.600. The van der Waals surface area contributed by atoms with E-state index in [1.807, 2.05) is 0 Å². The predicted molar refractivity (Wildman–Crippen MR) is 61.5 cm³/mol. The number of H-pyrrole nitrogens is 1. The minimum absolute atomic E-state index is 0.637. The summed E-state index contributed by atoms with van der Waals surface area (Å²) in [4.78, 5) is 9.67. The molecule has 15 heavy (non-hydrogen) atoms. The van der Waals surface area contributed by atoms with Crippen molar-refractivity contribution in [3.8, 4) is 0 Å². The lowest BCUT2D eigenvalue weighted by molar-refractivity contribution is 0.380. The van der Waals surface area contributed by atoms with E-state index >= 15 is 0 Å². The van der Waals surface area contributed by atoms with Crippen LogP contribution in [0.25, 0.3) is 0 Å². The molecule has 1 aliphatic carbocycles. The van der Waals surface area contributed by atoms with Crippen LogP contribution in [0.4, 0.5) is 0 Å². The molecule has 2 aliphatic rings. The van der Waals surface area contributed by atoms with Crippen molar-refractivity contribution in [1.29, 1.82) is 0 Å². The second-order valence-electron chi connectivity index (χ2n) is 4.22. The number of aromatic amines is 1. The Morgan fingerprint density at radius 1 is 1.60 bits per heavy atom. The Balaban J connectivity index is 1.66. The van der Waals surface area contributed by atoms with Crippen LogP contribution in [0.3, 0.4) is 0 Å². The number of nitrogens with one attached hydrogen (secondary N) is 2. The van der Waals surface area contributed by atoms with Crippen LogP contribution >= 0.6 is 12.2 Å². The molecule has 0 aromatic carbocycles. The molecule has 1 aromatic rings. The highest BCUT2D eigenvalue weighted by molar-refractivity contribution is 7.80. The summed E-state index contributed by atoms with van der Waals surface area (Å²) in [6, 6.07) is 0.637. The van der Waals surface area contributed by atoms with E-state index in [1.165, 1.54) is 18.5 Å². The lowest BCUT2D eigenvalue weighted by Gasteiger charge is -2.28. The number of thiocarbonyl (C=S) groups is 1. The van der Waals surface area contributed by atoms with Gasteiger partial charge >= 0.3 is 0 Å². The van der Waals surface area contributed by atoms with Gasteiger partial charge in [-0.05, 0) is 25.1 Å². The van der Waals surface area contributed by atoms with E-state index in [-0.39, 0.29) is 0 Å². The zero-order chi connectivity index (χ0) is 10.3. The Morgan fingerprint density at radius 2 is 2.47 bits per heavy atom. The Kier molecular flexibility index (Phi) is 2.12. The van der Waals surface area contributed by atoms with Crippen molar-refractivity contribution in [1.82, 2.24) is 20.2 Å². The molecule has 0 bridgehead atoms. The van der Waals surface area contributed by atoms with Crippen LogP contribution < -0.4 is 5.32 Å². The van der Waals surface area contributed by atoms with Gasteiger partial charge in [0, 0.05) is 24.7 Å². The molecule has 2 N–H and O–H groups in total. The van der Waals surface area contributed by atoms with Crippen molar-refractivity contribution < 1.29 is 0 Å². The van der Waals surface area contributed by atoms with Crippen LogP contribution in [-0.2, 0) is 13.0 Å². The van der Waals surface area contributed by atoms with Gasteiger partial charge in [-0.25, -0.2) is 4.98 Å². The monoisotopic (exact) mass is 222 g/mol. The largest absolute Gasteiger partial charge is 0.360 e. The van der Waals surface area contributed by atoms with Gasteiger partial charge in [-0.2, -0.15) is 0 Å². The van der Waals surface area contributed by atoms with Crippen LogP contribution in [0.15, 0.2) is 6.33 Å². The first-order valence-electron chi connectivity index (χ1n) is 5.39. The Bertz CT molecular complexity index is 383. The SMILES string of the molecule is S=C(NC1CC1)N1CCc2[nH]cnc2C1. The molecule has 0 unspecified atom stereocenters. The van der Waals surface area contributed by atoms with Gasteiger partial charge in [-0.1, -0.05) is 0 Å². The molecule has 4 nitrogen and oxygen atoms in total. The maximum Gasteiger partial charge on any atom is 0.169 e. The fourth-order valence-electron chi connectivity index (χ4n) is 1.88. The molecule has 0 spiro atoms. The minimum atomic E-state index is 0.637. The van der Waals surface area contributed by atoms with Crippen molar-refractivity contribution in [2.75, 3.05) is 6.54 Å². The van der Waals surface area contributed by atoms with Gasteiger partial charge in [-0.15, -0.1) is 0 Å². The predicted octanol–water partition coefficient (Wildman–Crippen LogP) is 0.805.